The van der Waals surface area contributed by atoms with Crippen molar-refractivity contribution in [2.75, 3.05) is 53.9 Å². The number of aliphatic hydroxyl groups excluding tert-OH is 1. The maximum Gasteiger partial charge on any atom is 0.236 e. The molecule has 224 valence electrons. The minimum Gasteiger partial charge on any atom is -0.395 e. The summed E-state index contributed by atoms with van der Waals surface area (Å²) in [5.74, 6) is 0.903. The SMILES string of the molecule is Cc1cc(-c2[nH]c3ccc(C4CCN(CC(=O)N(C)C)CC4)cc3c2C(C)C)cn2cc(CC(=O)N(C)CCO)nc12. The lowest BCUT2D eigenvalue weighted by Gasteiger charge is -2.32. The number of amides is 2. The number of aromatic amines is 1. The second-order valence-electron chi connectivity index (χ2n) is 12.3. The molecule has 1 fully saturated rings. The summed E-state index contributed by atoms with van der Waals surface area (Å²) in [5.41, 5.74) is 8.62. The molecular formula is C33H44N6O3. The number of H-pyrrole nitrogens is 1. The molecule has 0 saturated carbocycles. The van der Waals surface area contributed by atoms with E-state index < -0.39 is 0 Å². The predicted molar refractivity (Wildman–Crippen MR) is 167 cm³/mol. The average Bonchev–Trinajstić information content (AvgIpc) is 3.54. The highest BCUT2D eigenvalue weighted by Gasteiger charge is 2.24. The number of aromatic nitrogens is 3. The van der Waals surface area contributed by atoms with E-state index in [9.17, 15) is 9.59 Å². The summed E-state index contributed by atoms with van der Waals surface area (Å²) in [6.45, 7) is 9.17. The van der Waals surface area contributed by atoms with Crippen LogP contribution in [0.3, 0.4) is 0 Å². The normalized spacial score (nSPS) is 14.8. The third kappa shape index (κ3) is 6.08. The molecule has 0 radical (unpaired) electrons. The van der Waals surface area contributed by atoms with Gasteiger partial charge in [-0.3, -0.25) is 14.5 Å². The molecule has 4 heterocycles. The van der Waals surface area contributed by atoms with Crippen LogP contribution < -0.4 is 0 Å². The summed E-state index contributed by atoms with van der Waals surface area (Å²) >= 11 is 0. The van der Waals surface area contributed by atoms with Crippen molar-refractivity contribution >= 4 is 28.4 Å². The number of fused-ring (bicyclic) bond motifs is 2. The van der Waals surface area contributed by atoms with Gasteiger partial charge in [0.05, 0.1) is 31.0 Å². The van der Waals surface area contributed by atoms with Gasteiger partial charge in [0.1, 0.15) is 5.65 Å². The summed E-state index contributed by atoms with van der Waals surface area (Å²) < 4.78 is 2.02. The van der Waals surface area contributed by atoms with Crippen molar-refractivity contribution in [3.8, 4) is 11.3 Å². The first kappa shape index (κ1) is 29.8. The Morgan fingerprint density at radius 3 is 2.50 bits per heavy atom. The van der Waals surface area contributed by atoms with Gasteiger partial charge in [0, 0.05) is 56.5 Å². The molecule has 0 unspecified atom stereocenters. The second kappa shape index (κ2) is 12.3. The maximum absolute atomic E-state index is 12.5. The Bertz CT molecular complexity index is 1590. The van der Waals surface area contributed by atoms with E-state index >= 15 is 0 Å². The Labute approximate surface area is 248 Å². The van der Waals surface area contributed by atoms with Crippen molar-refractivity contribution in [3.63, 3.8) is 0 Å². The number of carbonyl (C=O) groups excluding carboxylic acids is 2. The molecule has 1 aliphatic heterocycles. The van der Waals surface area contributed by atoms with Gasteiger partial charge in [-0.25, -0.2) is 4.98 Å². The number of nitrogens with one attached hydrogen (secondary N) is 1. The molecule has 0 spiro atoms. The Morgan fingerprint density at radius 1 is 1.10 bits per heavy atom. The summed E-state index contributed by atoms with van der Waals surface area (Å²) in [6.07, 6.45) is 6.34. The van der Waals surface area contributed by atoms with Gasteiger partial charge in [-0.05, 0) is 79.6 Å². The quantitative estimate of drug-likeness (QED) is 0.314. The van der Waals surface area contributed by atoms with Crippen molar-refractivity contribution in [2.45, 2.75) is 51.9 Å². The zero-order valence-electron chi connectivity index (χ0n) is 25.8. The molecule has 1 aliphatic rings. The van der Waals surface area contributed by atoms with E-state index in [1.54, 1.807) is 11.9 Å². The molecule has 9 heteroatoms. The lowest BCUT2D eigenvalue weighted by molar-refractivity contribution is -0.130. The molecule has 0 atom stereocenters. The fraction of sp³-hybridized carbons (Fsp3) is 0.485. The highest BCUT2D eigenvalue weighted by Crippen LogP contribution is 2.38. The molecule has 2 amide bonds. The Kier molecular flexibility index (Phi) is 8.70. The van der Waals surface area contributed by atoms with Crippen LogP contribution in [0.2, 0.25) is 0 Å². The van der Waals surface area contributed by atoms with Crippen LogP contribution in [0.25, 0.3) is 27.8 Å². The van der Waals surface area contributed by atoms with E-state index in [0.29, 0.717) is 30.6 Å². The Balaban J connectivity index is 1.42. The van der Waals surface area contributed by atoms with E-state index in [1.165, 1.54) is 21.4 Å². The molecule has 4 aromatic rings. The molecule has 5 rings (SSSR count). The summed E-state index contributed by atoms with van der Waals surface area (Å²) in [5, 5.41) is 10.4. The zero-order chi connectivity index (χ0) is 30.1. The number of benzene rings is 1. The van der Waals surface area contributed by atoms with Gasteiger partial charge < -0.3 is 24.3 Å². The van der Waals surface area contributed by atoms with E-state index in [0.717, 1.165) is 53.9 Å². The smallest absolute Gasteiger partial charge is 0.236 e. The monoisotopic (exact) mass is 572 g/mol. The number of aliphatic hydroxyl groups is 1. The van der Waals surface area contributed by atoms with Gasteiger partial charge in [-0.15, -0.1) is 0 Å². The van der Waals surface area contributed by atoms with Crippen LogP contribution in [0.5, 0.6) is 0 Å². The molecule has 9 nitrogen and oxygen atoms in total. The van der Waals surface area contributed by atoms with Crippen LogP contribution in [0.1, 0.15) is 60.9 Å². The van der Waals surface area contributed by atoms with E-state index in [4.69, 9.17) is 10.1 Å². The van der Waals surface area contributed by atoms with Crippen LogP contribution in [0, 0.1) is 6.92 Å². The van der Waals surface area contributed by atoms with Crippen molar-refractivity contribution in [1.29, 1.82) is 0 Å². The van der Waals surface area contributed by atoms with Crippen LogP contribution >= 0.6 is 0 Å². The van der Waals surface area contributed by atoms with Crippen molar-refractivity contribution < 1.29 is 14.7 Å². The third-order valence-corrected chi connectivity index (χ3v) is 8.62. The van der Waals surface area contributed by atoms with Gasteiger partial charge in [-0.2, -0.15) is 0 Å². The lowest BCUT2D eigenvalue weighted by atomic mass is 9.87. The van der Waals surface area contributed by atoms with Crippen molar-refractivity contribution in [3.05, 3.63) is 59.0 Å². The summed E-state index contributed by atoms with van der Waals surface area (Å²) in [7, 11) is 5.33. The minimum absolute atomic E-state index is 0.0570. The summed E-state index contributed by atoms with van der Waals surface area (Å²) in [6, 6.07) is 9.04. The van der Waals surface area contributed by atoms with Crippen molar-refractivity contribution in [2.24, 2.45) is 0 Å². The lowest BCUT2D eigenvalue weighted by Crippen LogP contribution is -2.40. The molecule has 0 bridgehead atoms. The number of hydrogen-bond donors (Lipinski definition) is 2. The number of piperidine rings is 1. The van der Waals surface area contributed by atoms with Crippen LogP contribution in [-0.4, -0.2) is 99.9 Å². The molecule has 2 N–H and O–H groups in total. The standard InChI is InChI=1S/C33H44N6O3/c1-21(2)31-27-16-24(23-9-11-38(12-10-23)20-30(42)36(4)5)7-8-28(27)35-32(31)25-15-22(3)33-34-26(19-39(33)18-25)17-29(41)37(6)13-14-40/h7-8,15-16,18-19,21,23,35,40H,9-14,17,20H2,1-6H3. The van der Waals surface area contributed by atoms with Gasteiger partial charge in [0.2, 0.25) is 11.8 Å². The first-order valence-electron chi connectivity index (χ1n) is 15.0. The molecule has 3 aromatic heterocycles. The van der Waals surface area contributed by atoms with Crippen LogP contribution in [0.15, 0.2) is 36.7 Å². The van der Waals surface area contributed by atoms with E-state index in [2.05, 4.69) is 61.1 Å². The first-order chi connectivity index (χ1) is 20.0. The van der Waals surface area contributed by atoms with E-state index in [1.807, 2.05) is 24.7 Å². The topological polar surface area (TPSA) is 97.2 Å². The van der Waals surface area contributed by atoms with Gasteiger partial charge >= 0.3 is 0 Å². The number of aryl methyl sites for hydroxylation is 1. The maximum atomic E-state index is 12.5. The predicted octanol–water partition coefficient (Wildman–Crippen LogP) is 4.18. The van der Waals surface area contributed by atoms with Gasteiger partial charge in [0.15, 0.2) is 0 Å². The highest BCUT2D eigenvalue weighted by atomic mass is 16.3. The number of carbonyl (C=O) groups is 2. The minimum atomic E-state index is -0.0634. The summed E-state index contributed by atoms with van der Waals surface area (Å²) in [4.78, 5) is 38.6. The van der Waals surface area contributed by atoms with Gasteiger partial charge in [-0.1, -0.05) is 19.9 Å². The highest BCUT2D eigenvalue weighted by molar-refractivity contribution is 5.92. The first-order valence-corrected chi connectivity index (χ1v) is 15.0. The van der Waals surface area contributed by atoms with Crippen LogP contribution in [0.4, 0.5) is 0 Å². The number of imidazole rings is 1. The molecule has 0 aliphatic carbocycles. The molecule has 1 aromatic carbocycles. The number of rotatable bonds is 9. The van der Waals surface area contributed by atoms with Crippen molar-refractivity contribution in [1.82, 2.24) is 29.1 Å². The fourth-order valence-corrected chi connectivity index (χ4v) is 6.17. The van der Waals surface area contributed by atoms with Crippen LogP contribution in [-0.2, 0) is 16.0 Å². The Morgan fingerprint density at radius 2 is 1.83 bits per heavy atom. The Hall–Kier alpha value is -3.69. The number of likely N-dealkylation sites (N-methyl/N-ethyl adjacent to an activating group) is 2. The number of hydrogen-bond acceptors (Lipinski definition) is 5. The molecule has 1 saturated heterocycles. The largest absolute Gasteiger partial charge is 0.395 e. The van der Waals surface area contributed by atoms with Gasteiger partial charge in [0.25, 0.3) is 0 Å². The molecule has 42 heavy (non-hydrogen) atoms. The third-order valence-electron chi connectivity index (χ3n) is 8.62. The number of nitrogens with zero attached hydrogens (tertiary/aromatic N) is 5. The van der Waals surface area contributed by atoms with E-state index in [-0.39, 0.29) is 24.8 Å². The molecular weight excluding hydrogens is 528 g/mol. The number of likely N-dealkylation sites (tertiary alicyclic amines) is 1. The zero-order valence-corrected chi connectivity index (χ0v) is 25.8. The fourth-order valence-electron chi connectivity index (χ4n) is 6.17. The average molecular weight is 573 g/mol. The number of pyridine rings is 1. The second-order valence-corrected chi connectivity index (χ2v) is 12.3.